The van der Waals surface area contributed by atoms with Crippen molar-refractivity contribution in [3.8, 4) is 11.4 Å². The Hall–Kier alpha value is -2.94. The van der Waals surface area contributed by atoms with Crippen LogP contribution < -0.4 is 5.32 Å². The first-order valence-electron chi connectivity index (χ1n) is 10.5. The molecule has 4 aromatic rings. The monoisotopic (exact) mass is 479 g/mol. The van der Waals surface area contributed by atoms with E-state index in [0.29, 0.717) is 28.9 Å². The van der Waals surface area contributed by atoms with Crippen LogP contribution >= 0.6 is 23.4 Å². The van der Waals surface area contributed by atoms with E-state index >= 15 is 0 Å². The van der Waals surface area contributed by atoms with Gasteiger partial charge in [0.1, 0.15) is 5.82 Å². The highest BCUT2D eigenvalue weighted by molar-refractivity contribution is 7.99. The second-order valence-electron chi connectivity index (χ2n) is 8.44. The quantitative estimate of drug-likeness (QED) is 0.404. The van der Waals surface area contributed by atoms with Crippen molar-refractivity contribution in [1.82, 2.24) is 19.6 Å². The molecule has 33 heavy (non-hydrogen) atoms. The van der Waals surface area contributed by atoms with Gasteiger partial charge in [0, 0.05) is 28.3 Å². The summed E-state index contributed by atoms with van der Waals surface area (Å²) in [4.78, 5) is 17.5. The molecule has 1 amide bonds. The molecule has 0 saturated heterocycles. The first kappa shape index (κ1) is 21.9. The van der Waals surface area contributed by atoms with Gasteiger partial charge in [0.2, 0.25) is 5.91 Å². The van der Waals surface area contributed by atoms with E-state index in [1.165, 1.54) is 11.8 Å². The molecule has 3 heterocycles. The lowest BCUT2D eigenvalue weighted by molar-refractivity contribution is -0.113. The second kappa shape index (κ2) is 8.78. The number of nitrogens with one attached hydrogen (secondary N) is 1. The summed E-state index contributed by atoms with van der Waals surface area (Å²) in [5.74, 6) is 0.794. The molecule has 0 saturated carbocycles. The summed E-state index contributed by atoms with van der Waals surface area (Å²) in [5, 5.41) is 13.0. The summed E-state index contributed by atoms with van der Waals surface area (Å²) in [7, 11) is 0. The van der Waals surface area contributed by atoms with Gasteiger partial charge in [0.05, 0.1) is 23.7 Å². The molecule has 2 aromatic carbocycles. The Morgan fingerprint density at radius 1 is 1.15 bits per heavy atom. The van der Waals surface area contributed by atoms with Crippen molar-refractivity contribution in [1.29, 1.82) is 0 Å². The van der Waals surface area contributed by atoms with Gasteiger partial charge >= 0.3 is 0 Å². The molecule has 0 radical (unpaired) electrons. The molecule has 0 fully saturated rings. The molecule has 0 aliphatic carbocycles. The number of ether oxygens (including phenoxy) is 1. The largest absolute Gasteiger partial charge is 0.370 e. The normalized spacial score (nSPS) is 14.8. The number of carbonyl (C=O) groups is 1. The highest BCUT2D eigenvalue weighted by Gasteiger charge is 2.31. The lowest BCUT2D eigenvalue weighted by atomic mass is 9.96. The Labute approximate surface area is 200 Å². The van der Waals surface area contributed by atoms with E-state index in [9.17, 15) is 4.79 Å². The van der Waals surface area contributed by atoms with Gasteiger partial charge in [0.15, 0.2) is 10.8 Å². The molecule has 1 aliphatic rings. The van der Waals surface area contributed by atoms with Crippen molar-refractivity contribution in [2.45, 2.75) is 37.6 Å². The predicted molar refractivity (Wildman–Crippen MR) is 130 cm³/mol. The van der Waals surface area contributed by atoms with Gasteiger partial charge in [-0.2, -0.15) is 0 Å². The van der Waals surface area contributed by atoms with Crippen LogP contribution in [0.5, 0.6) is 0 Å². The first-order chi connectivity index (χ1) is 15.9. The molecule has 0 spiro atoms. The second-order valence-corrected chi connectivity index (χ2v) is 9.82. The Bertz CT molecular complexity index is 1320. The lowest BCUT2D eigenvalue weighted by Gasteiger charge is -2.31. The smallest absolute Gasteiger partial charge is 0.234 e. The number of anilines is 1. The van der Waals surface area contributed by atoms with E-state index in [1.807, 2.05) is 34.7 Å². The molecule has 0 unspecified atom stereocenters. The number of carbonyl (C=O) groups excluding carboxylic acids is 1. The van der Waals surface area contributed by atoms with E-state index in [1.54, 1.807) is 24.3 Å². The maximum Gasteiger partial charge on any atom is 0.234 e. The van der Waals surface area contributed by atoms with Crippen LogP contribution in [0.4, 0.5) is 5.69 Å². The van der Waals surface area contributed by atoms with Gasteiger partial charge in [-0.05, 0) is 38.1 Å². The highest BCUT2D eigenvalue weighted by Crippen LogP contribution is 2.33. The molecule has 1 aliphatic heterocycles. The summed E-state index contributed by atoms with van der Waals surface area (Å²) in [6.45, 7) is 4.55. The molecule has 1 N–H and O–H groups in total. The number of hydrogen-bond donors (Lipinski definition) is 1. The molecule has 5 rings (SSSR count). The first-order valence-corrected chi connectivity index (χ1v) is 11.9. The van der Waals surface area contributed by atoms with Crippen molar-refractivity contribution in [2.24, 2.45) is 0 Å². The summed E-state index contributed by atoms with van der Waals surface area (Å²) in [6, 6.07) is 17.0. The number of nitrogens with zero attached hydrogens (tertiary/aromatic N) is 4. The van der Waals surface area contributed by atoms with Gasteiger partial charge in [-0.3, -0.25) is 9.20 Å². The van der Waals surface area contributed by atoms with Crippen LogP contribution in [-0.4, -0.2) is 36.8 Å². The Morgan fingerprint density at radius 3 is 2.67 bits per heavy atom. The molecule has 9 heteroatoms. The van der Waals surface area contributed by atoms with Crippen LogP contribution in [0, 0.1) is 0 Å². The average molecular weight is 480 g/mol. The molecule has 7 nitrogen and oxygen atoms in total. The standard InChI is InChI=1S/C24H22ClN5O2S/c1-24(2)12-19-18(13-32-24)22-28-29-23(30(22)21(27-19)15-6-4-3-5-7-15)33-14-20(31)26-17-10-8-16(25)9-11-17/h3-11H,12-14H2,1-2H3,(H,26,31). The SMILES string of the molecule is CC1(C)Cc2nc(-c3ccccc3)n3c(SCC(=O)Nc4ccc(Cl)cc4)nnc3c2CO1. The fourth-order valence-electron chi connectivity index (χ4n) is 3.78. The Kier molecular flexibility index (Phi) is 5.82. The Morgan fingerprint density at radius 2 is 1.91 bits per heavy atom. The summed E-state index contributed by atoms with van der Waals surface area (Å²) in [5.41, 5.74) is 4.00. The molecule has 168 valence electrons. The van der Waals surface area contributed by atoms with Crippen molar-refractivity contribution in [3.63, 3.8) is 0 Å². The van der Waals surface area contributed by atoms with Crippen LogP contribution in [-0.2, 0) is 22.6 Å². The third kappa shape index (κ3) is 4.59. The van der Waals surface area contributed by atoms with E-state index in [4.69, 9.17) is 21.3 Å². The van der Waals surface area contributed by atoms with Gasteiger partial charge < -0.3 is 10.1 Å². The van der Waals surface area contributed by atoms with Gasteiger partial charge in [-0.25, -0.2) is 4.98 Å². The van der Waals surface area contributed by atoms with Gasteiger partial charge in [-0.15, -0.1) is 10.2 Å². The van der Waals surface area contributed by atoms with Crippen molar-refractivity contribution in [2.75, 3.05) is 11.1 Å². The van der Waals surface area contributed by atoms with Gasteiger partial charge in [-0.1, -0.05) is 53.7 Å². The third-order valence-electron chi connectivity index (χ3n) is 5.40. The molecule has 0 atom stereocenters. The highest BCUT2D eigenvalue weighted by atomic mass is 35.5. The number of thioether (sulfide) groups is 1. The van der Waals surface area contributed by atoms with Crippen LogP contribution in [0.15, 0.2) is 59.8 Å². The minimum atomic E-state index is -0.288. The zero-order valence-corrected chi connectivity index (χ0v) is 19.8. The van der Waals surface area contributed by atoms with Crippen molar-refractivity contribution < 1.29 is 9.53 Å². The maximum absolute atomic E-state index is 12.5. The van der Waals surface area contributed by atoms with Crippen LogP contribution in [0.25, 0.3) is 17.0 Å². The Balaban J connectivity index is 1.48. The van der Waals surface area contributed by atoms with E-state index in [2.05, 4.69) is 29.4 Å². The third-order valence-corrected chi connectivity index (χ3v) is 6.58. The van der Waals surface area contributed by atoms with Crippen molar-refractivity contribution >= 4 is 40.6 Å². The zero-order chi connectivity index (χ0) is 23.0. The average Bonchev–Trinajstić information content (AvgIpc) is 3.22. The number of rotatable bonds is 5. The van der Waals surface area contributed by atoms with Crippen molar-refractivity contribution in [3.05, 3.63) is 70.9 Å². The predicted octanol–water partition coefficient (Wildman–Crippen LogP) is 5.03. The number of amides is 1. The molecule has 0 bridgehead atoms. The van der Waals surface area contributed by atoms with E-state index in [0.717, 1.165) is 28.3 Å². The summed E-state index contributed by atoms with van der Waals surface area (Å²) in [6.07, 6.45) is 0.692. The molecular formula is C24H22ClN5O2S. The van der Waals surface area contributed by atoms with Crippen LogP contribution in [0.1, 0.15) is 25.1 Å². The maximum atomic E-state index is 12.5. The molecule has 2 aromatic heterocycles. The zero-order valence-electron chi connectivity index (χ0n) is 18.2. The number of aromatic nitrogens is 4. The number of halogens is 1. The number of benzene rings is 2. The van der Waals surface area contributed by atoms with Crippen LogP contribution in [0.3, 0.4) is 0 Å². The summed E-state index contributed by atoms with van der Waals surface area (Å²) >= 11 is 7.23. The minimum Gasteiger partial charge on any atom is -0.370 e. The number of fused-ring (bicyclic) bond motifs is 3. The topological polar surface area (TPSA) is 81.4 Å². The van der Waals surface area contributed by atoms with Gasteiger partial charge in [0.25, 0.3) is 0 Å². The summed E-state index contributed by atoms with van der Waals surface area (Å²) < 4.78 is 7.95. The minimum absolute atomic E-state index is 0.142. The van der Waals surface area contributed by atoms with E-state index in [-0.39, 0.29) is 17.3 Å². The number of hydrogen-bond acceptors (Lipinski definition) is 6. The fraction of sp³-hybridized carbons (Fsp3) is 0.250. The lowest BCUT2D eigenvalue weighted by Crippen LogP contribution is -2.33. The van der Waals surface area contributed by atoms with Crippen LogP contribution in [0.2, 0.25) is 5.02 Å². The molecular weight excluding hydrogens is 458 g/mol. The fourth-order valence-corrected chi connectivity index (χ4v) is 4.64. The van der Waals surface area contributed by atoms with E-state index < -0.39 is 0 Å².